The van der Waals surface area contributed by atoms with E-state index in [0.29, 0.717) is 11.5 Å². The van der Waals surface area contributed by atoms with E-state index in [4.69, 9.17) is 4.84 Å². The highest BCUT2D eigenvalue weighted by molar-refractivity contribution is 7.21. The molecular weight excluding hydrogens is 258 g/mol. The fourth-order valence-electron chi connectivity index (χ4n) is 1.55. The lowest BCUT2D eigenvalue weighted by atomic mass is 10.4. The van der Waals surface area contributed by atoms with Crippen LogP contribution in [-0.2, 0) is 4.84 Å². The van der Waals surface area contributed by atoms with Crippen LogP contribution in [0.5, 0.6) is 0 Å². The predicted molar refractivity (Wildman–Crippen MR) is 67.5 cm³/mol. The Labute approximate surface area is 105 Å². The van der Waals surface area contributed by atoms with Gasteiger partial charge in [0.25, 0.3) is 5.91 Å². The highest BCUT2D eigenvalue weighted by atomic mass is 32.1. The molecule has 7 heteroatoms. The van der Waals surface area contributed by atoms with Crippen LogP contribution in [0.15, 0.2) is 17.6 Å². The van der Waals surface area contributed by atoms with Gasteiger partial charge >= 0.3 is 0 Å². The molecule has 0 radical (unpaired) electrons. The van der Waals surface area contributed by atoms with Crippen LogP contribution in [0.25, 0.3) is 15.3 Å². The molecule has 0 fully saturated rings. The van der Waals surface area contributed by atoms with Crippen molar-refractivity contribution in [3.05, 3.63) is 22.5 Å². The van der Waals surface area contributed by atoms with Crippen molar-refractivity contribution in [3.63, 3.8) is 0 Å². The number of fused-ring (bicyclic) bond motifs is 3. The second kappa shape index (κ2) is 4.10. The smallest absolute Gasteiger partial charge is 0.285 e. The van der Waals surface area contributed by atoms with Gasteiger partial charge in [-0.2, -0.15) is 0 Å². The molecule has 3 aromatic heterocycles. The van der Waals surface area contributed by atoms with E-state index >= 15 is 0 Å². The molecule has 88 valence electrons. The number of nitrogens with zero attached hydrogens (tertiary/aromatic N) is 2. The Kier molecular flexibility index (Phi) is 2.58. The number of aromatic nitrogens is 2. The summed E-state index contributed by atoms with van der Waals surface area (Å²) in [6.07, 6.45) is 1.95. The summed E-state index contributed by atoms with van der Waals surface area (Å²) in [5, 5.41) is 1.97. The number of thiazole rings is 1. The molecule has 0 saturated carbocycles. The van der Waals surface area contributed by atoms with Crippen LogP contribution in [-0.4, -0.2) is 21.9 Å². The normalized spacial score (nSPS) is 11.4. The second-order valence-corrected chi connectivity index (χ2v) is 5.24. The summed E-state index contributed by atoms with van der Waals surface area (Å²) in [6, 6.07) is 1.83. The molecule has 0 atom stereocenters. The van der Waals surface area contributed by atoms with Gasteiger partial charge in [0.1, 0.15) is 4.83 Å². The summed E-state index contributed by atoms with van der Waals surface area (Å²) >= 11 is 2.95. The summed E-state index contributed by atoms with van der Waals surface area (Å²) < 4.78 is 1.98. The van der Waals surface area contributed by atoms with Gasteiger partial charge in [0.2, 0.25) is 0 Å². The molecule has 0 bridgehead atoms. The Hall–Kier alpha value is -1.44. The van der Waals surface area contributed by atoms with Crippen molar-refractivity contribution in [1.29, 1.82) is 0 Å². The van der Waals surface area contributed by atoms with Crippen molar-refractivity contribution < 1.29 is 9.63 Å². The van der Waals surface area contributed by atoms with Crippen molar-refractivity contribution in [3.8, 4) is 0 Å². The Morgan fingerprint density at radius 1 is 1.65 bits per heavy atom. The molecule has 0 aliphatic carbocycles. The van der Waals surface area contributed by atoms with Gasteiger partial charge < -0.3 is 0 Å². The second-order valence-electron chi connectivity index (χ2n) is 3.33. The van der Waals surface area contributed by atoms with Crippen LogP contribution in [0, 0.1) is 0 Å². The van der Waals surface area contributed by atoms with Gasteiger partial charge in [0, 0.05) is 11.6 Å². The maximum Gasteiger partial charge on any atom is 0.285 e. The number of carbonyl (C=O) groups excluding carboxylic acids is 1. The summed E-state index contributed by atoms with van der Waals surface area (Å²) in [4.78, 5) is 23.4. The topological polar surface area (TPSA) is 55.6 Å². The van der Waals surface area contributed by atoms with Crippen LogP contribution in [0.4, 0.5) is 0 Å². The first-order valence-electron chi connectivity index (χ1n) is 5.07. The Bertz CT molecular complexity index is 682. The number of hydrogen-bond acceptors (Lipinski definition) is 5. The van der Waals surface area contributed by atoms with Crippen molar-refractivity contribution in [2.24, 2.45) is 0 Å². The molecule has 0 unspecified atom stereocenters. The minimum atomic E-state index is -0.223. The van der Waals surface area contributed by atoms with Crippen molar-refractivity contribution in [2.75, 3.05) is 6.61 Å². The Morgan fingerprint density at radius 3 is 3.35 bits per heavy atom. The van der Waals surface area contributed by atoms with Crippen molar-refractivity contribution in [1.82, 2.24) is 14.9 Å². The minimum Gasteiger partial charge on any atom is -0.289 e. The number of amides is 1. The van der Waals surface area contributed by atoms with E-state index in [9.17, 15) is 4.79 Å². The van der Waals surface area contributed by atoms with E-state index in [-0.39, 0.29) is 5.91 Å². The summed E-state index contributed by atoms with van der Waals surface area (Å²) in [7, 11) is 0. The third-order valence-corrected chi connectivity index (χ3v) is 4.05. The molecule has 3 aromatic rings. The number of thiophene rings is 1. The summed E-state index contributed by atoms with van der Waals surface area (Å²) in [5.74, 6) is -0.223. The molecule has 5 nitrogen and oxygen atoms in total. The van der Waals surface area contributed by atoms with E-state index < -0.39 is 0 Å². The molecule has 1 N–H and O–H groups in total. The van der Waals surface area contributed by atoms with E-state index in [0.717, 1.165) is 15.3 Å². The average molecular weight is 267 g/mol. The summed E-state index contributed by atoms with van der Waals surface area (Å²) in [6.45, 7) is 2.27. The number of hydroxylamine groups is 1. The third kappa shape index (κ3) is 1.72. The molecule has 3 heterocycles. The molecule has 3 rings (SSSR count). The van der Waals surface area contributed by atoms with Crippen LogP contribution in [0.1, 0.15) is 16.6 Å². The molecule has 0 aliphatic heterocycles. The van der Waals surface area contributed by atoms with Crippen LogP contribution in [0.2, 0.25) is 0 Å². The quantitative estimate of drug-likeness (QED) is 0.741. The van der Waals surface area contributed by atoms with Crippen molar-refractivity contribution >= 4 is 43.9 Å². The maximum absolute atomic E-state index is 11.7. The number of nitrogens with one attached hydrogen (secondary N) is 1. The lowest BCUT2D eigenvalue weighted by Crippen LogP contribution is -2.22. The number of hydrogen-bond donors (Lipinski definition) is 1. The van der Waals surface area contributed by atoms with E-state index in [1.807, 2.05) is 29.0 Å². The van der Waals surface area contributed by atoms with E-state index in [1.54, 1.807) is 11.3 Å². The maximum atomic E-state index is 11.7. The third-order valence-electron chi connectivity index (χ3n) is 2.27. The van der Waals surface area contributed by atoms with Gasteiger partial charge in [-0.25, -0.2) is 10.5 Å². The number of carbonyl (C=O) groups is 1. The first-order valence-corrected chi connectivity index (χ1v) is 6.76. The molecule has 0 spiro atoms. The van der Waals surface area contributed by atoms with Gasteiger partial charge in [0.05, 0.1) is 17.0 Å². The highest BCUT2D eigenvalue weighted by Gasteiger charge is 2.14. The molecule has 0 aromatic carbocycles. The molecule has 17 heavy (non-hydrogen) atoms. The molecule has 0 saturated heterocycles. The highest BCUT2D eigenvalue weighted by Crippen LogP contribution is 2.28. The molecule has 0 aliphatic rings. The first kappa shape index (κ1) is 10.7. The SMILES string of the molecule is CCONC(=O)c1cc2c(nc3sccn32)s1. The van der Waals surface area contributed by atoms with Gasteiger partial charge in [-0.05, 0) is 13.0 Å². The van der Waals surface area contributed by atoms with Gasteiger partial charge in [-0.1, -0.05) is 0 Å². The van der Waals surface area contributed by atoms with Gasteiger partial charge in [0.15, 0.2) is 4.96 Å². The van der Waals surface area contributed by atoms with Crippen LogP contribution in [0.3, 0.4) is 0 Å². The summed E-state index contributed by atoms with van der Waals surface area (Å²) in [5.41, 5.74) is 3.34. The zero-order chi connectivity index (χ0) is 11.8. The standard InChI is InChI=1S/C10H9N3O2S2/c1-2-15-12-8(14)7-5-6-9(17-7)11-10-13(6)3-4-16-10/h3-5H,2H2,1H3,(H,12,14). The van der Waals surface area contributed by atoms with Gasteiger partial charge in [-0.15, -0.1) is 22.7 Å². The first-order chi connectivity index (χ1) is 8.29. The zero-order valence-electron chi connectivity index (χ0n) is 8.97. The predicted octanol–water partition coefficient (Wildman–Crippen LogP) is 2.29. The fraction of sp³-hybridized carbons (Fsp3) is 0.200. The Morgan fingerprint density at radius 2 is 2.53 bits per heavy atom. The zero-order valence-corrected chi connectivity index (χ0v) is 10.6. The lowest BCUT2D eigenvalue weighted by Gasteiger charge is -1.99. The fourth-order valence-corrected chi connectivity index (χ4v) is 3.23. The van der Waals surface area contributed by atoms with E-state index in [1.165, 1.54) is 11.3 Å². The van der Waals surface area contributed by atoms with Gasteiger partial charge in [-0.3, -0.25) is 14.0 Å². The monoisotopic (exact) mass is 267 g/mol. The van der Waals surface area contributed by atoms with Crippen molar-refractivity contribution in [2.45, 2.75) is 6.92 Å². The lowest BCUT2D eigenvalue weighted by molar-refractivity contribution is 0.0368. The number of rotatable bonds is 3. The molecule has 1 amide bonds. The average Bonchev–Trinajstić information content (AvgIpc) is 2.95. The van der Waals surface area contributed by atoms with E-state index in [2.05, 4.69) is 10.5 Å². The molecular formula is C10H9N3O2S2. The van der Waals surface area contributed by atoms with Crippen LogP contribution < -0.4 is 5.48 Å². The largest absolute Gasteiger partial charge is 0.289 e. The Balaban J connectivity index is 2.01. The number of imidazole rings is 1. The minimum absolute atomic E-state index is 0.223. The van der Waals surface area contributed by atoms with Crippen LogP contribution >= 0.6 is 22.7 Å².